The molecule has 1 aliphatic carbocycles. The van der Waals surface area contributed by atoms with Crippen molar-refractivity contribution in [3.05, 3.63) is 46.2 Å². The molecule has 0 amide bonds. The van der Waals surface area contributed by atoms with Gasteiger partial charge in [0.1, 0.15) is 27.0 Å². The molecule has 1 saturated heterocycles. The first kappa shape index (κ1) is 21.1. The summed E-state index contributed by atoms with van der Waals surface area (Å²) < 4.78 is 13.7. The lowest BCUT2D eigenvalue weighted by atomic mass is 9.87. The van der Waals surface area contributed by atoms with Crippen molar-refractivity contribution in [1.82, 2.24) is 9.88 Å². The van der Waals surface area contributed by atoms with Gasteiger partial charge in [-0.25, -0.2) is 19.2 Å². The van der Waals surface area contributed by atoms with E-state index in [1.165, 1.54) is 29.9 Å². The lowest BCUT2D eigenvalue weighted by Crippen LogP contribution is -2.33. The number of thiophene rings is 1. The van der Waals surface area contributed by atoms with Crippen LogP contribution in [-0.2, 0) is 12.8 Å². The Balaban J connectivity index is 1.79. The van der Waals surface area contributed by atoms with Crippen LogP contribution in [0.4, 0.5) is 10.1 Å². The van der Waals surface area contributed by atoms with Crippen LogP contribution in [0.25, 0.3) is 21.3 Å². The number of aromatic carboxylic acids is 1. The van der Waals surface area contributed by atoms with Gasteiger partial charge in [-0.3, -0.25) is 0 Å². The molecule has 5 rings (SSSR count). The fourth-order valence-corrected chi connectivity index (χ4v) is 5.89. The van der Waals surface area contributed by atoms with Crippen LogP contribution in [-0.4, -0.2) is 39.9 Å². The van der Waals surface area contributed by atoms with E-state index in [1.54, 1.807) is 12.1 Å². The first-order chi connectivity index (χ1) is 15.5. The fourth-order valence-electron chi connectivity index (χ4n) is 4.91. The van der Waals surface area contributed by atoms with Gasteiger partial charge >= 0.3 is 5.97 Å². The van der Waals surface area contributed by atoms with Gasteiger partial charge in [0.05, 0.1) is 0 Å². The number of nitrogens with zero attached hydrogens (tertiary/aromatic N) is 3. The Hall–Kier alpha value is -2.80. The summed E-state index contributed by atoms with van der Waals surface area (Å²) in [7, 11) is 0. The molecule has 0 radical (unpaired) electrons. The van der Waals surface area contributed by atoms with Crippen molar-refractivity contribution in [2.45, 2.75) is 51.9 Å². The smallest absolute Gasteiger partial charge is 0.348 e. The minimum atomic E-state index is -0.985. The molecule has 7 heteroatoms. The number of aromatic nitrogens is 1. The zero-order valence-corrected chi connectivity index (χ0v) is 19.0. The third-order valence-electron chi connectivity index (χ3n) is 6.51. The Bertz CT molecular complexity index is 1210. The van der Waals surface area contributed by atoms with E-state index in [0.29, 0.717) is 10.5 Å². The SMILES string of the molecule is CC(=Nc1c(C(=O)O)sc2nc3c(c(-c4ccc(F)cc4)c12)CCCC3)N1CCCCC1. The van der Waals surface area contributed by atoms with E-state index in [-0.39, 0.29) is 10.7 Å². The first-order valence-electron chi connectivity index (χ1n) is 11.3. The number of benzene rings is 1. The number of hydrogen-bond acceptors (Lipinski definition) is 4. The van der Waals surface area contributed by atoms with Gasteiger partial charge in [0, 0.05) is 24.2 Å². The minimum absolute atomic E-state index is 0.217. The summed E-state index contributed by atoms with van der Waals surface area (Å²) in [4.78, 5) is 25.2. The average molecular weight is 452 g/mol. The molecule has 0 atom stereocenters. The van der Waals surface area contributed by atoms with Crippen LogP contribution in [0.15, 0.2) is 29.3 Å². The number of rotatable bonds is 3. The molecule has 1 N–H and O–H groups in total. The number of carboxylic acids is 1. The van der Waals surface area contributed by atoms with E-state index in [9.17, 15) is 14.3 Å². The maximum Gasteiger partial charge on any atom is 0.348 e. The van der Waals surface area contributed by atoms with E-state index in [2.05, 4.69) is 4.90 Å². The number of carbonyl (C=O) groups is 1. The summed E-state index contributed by atoms with van der Waals surface area (Å²) in [6, 6.07) is 6.48. The van der Waals surface area contributed by atoms with Gasteiger partial charge in [-0.1, -0.05) is 12.1 Å². The zero-order chi connectivity index (χ0) is 22.2. The van der Waals surface area contributed by atoms with E-state index >= 15 is 0 Å². The maximum atomic E-state index is 13.7. The van der Waals surface area contributed by atoms with Crippen molar-refractivity contribution in [3.63, 3.8) is 0 Å². The molecule has 166 valence electrons. The van der Waals surface area contributed by atoms with Gasteiger partial charge in [0.15, 0.2) is 0 Å². The Labute approximate surface area is 190 Å². The molecule has 32 heavy (non-hydrogen) atoms. The number of aryl methyl sites for hydroxylation is 1. The second kappa shape index (κ2) is 8.62. The van der Waals surface area contributed by atoms with E-state index in [4.69, 9.17) is 9.98 Å². The highest BCUT2D eigenvalue weighted by Gasteiger charge is 2.27. The summed E-state index contributed by atoms with van der Waals surface area (Å²) in [5.41, 5.74) is 4.53. The van der Waals surface area contributed by atoms with E-state index in [1.807, 2.05) is 6.92 Å². The van der Waals surface area contributed by atoms with Crippen molar-refractivity contribution in [2.75, 3.05) is 13.1 Å². The number of piperidine rings is 1. The number of aliphatic imine (C=N–C) groups is 1. The first-order valence-corrected chi connectivity index (χ1v) is 12.1. The molecule has 0 saturated carbocycles. The highest BCUT2D eigenvalue weighted by Crippen LogP contribution is 2.46. The van der Waals surface area contributed by atoms with Crippen LogP contribution in [0.3, 0.4) is 0 Å². The number of likely N-dealkylation sites (tertiary alicyclic amines) is 1. The van der Waals surface area contributed by atoms with Crippen LogP contribution in [0.2, 0.25) is 0 Å². The Morgan fingerprint density at radius 3 is 2.53 bits per heavy atom. The number of carboxylic acid groups (broad SMARTS) is 1. The van der Waals surface area contributed by atoms with E-state index in [0.717, 1.165) is 85.2 Å². The highest BCUT2D eigenvalue weighted by atomic mass is 32.1. The molecule has 1 aromatic carbocycles. The molecular formula is C25H26FN3O2S. The van der Waals surface area contributed by atoms with Crippen LogP contribution in [0, 0.1) is 5.82 Å². The molecule has 3 heterocycles. The fraction of sp³-hybridized carbons (Fsp3) is 0.400. The van der Waals surface area contributed by atoms with Crippen LogP contribution in [0.5, 0.6) is 0 Å². The van der Waals surface area contributed by atoms with Crippen molar-refractivity contribution in [3.8, 4) is 11.1 Å². The highest BCUT2D eigenvalue weighted by molar-refractivity contribution is 7.21. The second-order valence-corrected chi connectivity index (χ2v) is 9.60. The third-order valence-corrected chi connectivity index (χ3v) is 7.57. The molecule has 5 nitrogen and oxygen atoms in total. The number of amidine groups is 1. The van der Waals surface area contributed by atoms with Crippen molar-refractivity contribution < 1.29 is 14.3 Å². The molecular weight excluding hydrogens is 425 g/mol. The largest absolute Gasteiger partial charge is 0.477 e. The maximum absolute atomic E-state index is 13.7. The second-order valence-electron chi connectivity index (χ2n) is 8.60. The van der Waals surface area contributed by atoms with Crippen molar-refractivity contribution >= 4 is 39.0 Å². The van der Waals surface area contributed by atoms with Gasteiger partial charge in [-0.15, -0.1) is 11.3 Å². The summed E-state index contributed by atoms with van der Waals surface area (Å²) >= 11 is 1.20. The van der Waals surface area contributed by atoms with Gasteiger partial charge in [-0.05, 0) is 80.7 Å². The van der Waals surface area contributed by atoms with Crippen molar-refractivity contribution in [2.24, 2.45) is 4.99 Å². The molecule has 0 spiro atoms. The number of fused-ring (bicyclic) bond motifs is 2. The van der Waals surface area contributed by atoms with E-state index < -0.39 is 5.97 Å². The predicted molar refractivity (Wildman–Crippen MR) is 127 cm³/mol. The summed E-state index contributed by atoms with van der Waals surface area (Å²) in [6.07, 6.45) is 7.37. The summed E-state index contributed by atoms with van der Waals surface area (Å²) in [5, 5.41) is 10.8. The monoisotopic (exact) mass is 451 g/mol. The number of halogens is 1. The standard InChI is InChI=1S/C25H26FN3O2S/c1-15(29-13-5-2-6-14-29)27-22-21-20(16-9-11-17(26)12-10-16)18-7-3-4-8-19(18)28-24(21)32-23(22)25(30)31/h9-12H,2-8,13-14H2,1H3,(H,30,31). The lowest BCUT2D eigenvalue weighted by Gasteiger charge is -2.28. The van der Waals surface area contributed by atoms with Gasteiger partial charge in [-0.2, -0.15) is 0 Å². The molecule has 1 fully saturated rings. The Morgan fingerprint density at radius 1 is 1.09 bits per heavy atom. The molecule has 1 aliphatic heterocycles. The van der Waals surface area contributed by atoms with Crippen LogP contribution < -0.4 is 0 Å². The van der Waals surface area contributed by atoms with Gasteiger partial charge in [0.2, 0.25) is 0 Å². The molecule has 0 unspecified atom stereocenters. The summed E-state index contributed by atoms with van der Waals surface area (Å²) in [5.74, 6) is -0.431. The molecule has 2 aromatic heterocycles. The third kappa shape index (κ3) is 3.79. The Kier molecular flexibility index (Phi) is 5.67. The van der Waals surface area contributed by atoms with Crippen LogP contribution >= 0.6 is 11.3 Å². The Morgan fingerprint density at radius 2 is 1.81 bits per heavy atom. The normalized spacial score (nSPS) is 16.9. The zero-order valence-electron chi connectivity index (χ0n) is 18.2. The van der Waals surface area contributed by atoms with Gasteiger partial charge < -0.3 is 10.0 Å². The molecule has 3 aromatic rings. The van der Waals surface area contributed by atoms with Gasteiger partial charge in [0.25, 0.3) is 0 Å². The minimum Gasteiger partial charge on any atom is -0.477 e. The van der Waals surface area contributed by atoms with Crippen LogP contribution in [0.1, 0.15) is 60.0 Å². The quantitative estimate of drug-likeness (QED) is 0.379. The number of pyridine rings is 1. The van der Waals surface area contributed by atoms with Crippen molar-refractivity contribution in [1.29, 1.82) is 0 Å². The lowest BCUT2D eigenvalue weighted by molar-refractivity contribution is 0.0703. The number of hydrogen-bond donors (Lipinski definition) is 1. The summed E-state index contributed by atoms with van der Waals surface area (Å²) in [6.45, 7) is 3.85. The molecule has 0 bridgehead atoms. The topological polar surface area (TPSA) is 65.8 Å². The average Bonchev–Trinajstić information content (AvgIpc) is 3.17. The predicted octanol–water partition coefficient (Wildman–Crippen LogP) is 6.22. The molecule has 2 aliphatic rings.